The van der Waals surface area contributed by atoms with Crippen molar-refractivity contribution < 1.29 is 9.84 Å². The summed E-state index contributed by atoms with van der Waals surface area (Å²) in [5, 5.41) is 10.8. The standard InChI is InChI=1S/C18H27N3O3S/c1-6-7-21(8-14(22)10-24-11(2)3)9-15-19-17(23)16-12(4)13(5)25-18(16)20-15/h6,11,14,22H,1,7-10H2,2-5H3,(H,19,20,23)/t14-/m1/s1. The Morgan fingerprint density at radius 3 is 2.80 bits per heavy atom. The Morgan fingerprint density at radius 1 is 1.44 bits per heavy atom. The lowest BCUT2D eigenvalue weighted by Crippen LogP contribution is -2.36. The lowest BCUT2D eigenvalue weighted by molar-refractivity contribution is -0.00834. The number of aromatic amines is 1. The van der Waals surface area contributed by atoms with Gasteiger partial charge in [0, 0.05) is 18.0 Å². The minimum absolute atomic E-state index is 0.0771. The topological polar surface area (TPSA) is 78.5 Å². The number of rotatable bonds is 9. The van der Waals surface area contributed by atoms with Crippen LogP contribution >= 0.6 is 11.3 Å². The molecule has 0 saturated carbocycles. The van der Waals surface area contributed by atoms with Gasteiger partial charge in [0.05, 0.1) is 30.7 Å². The normalized spacial score (nSPS) is 13.1. The molecule has 0 amide bonds. The summed E-state index contributed by atoms with van der Waals surface area (Å²) in [6.07, 6.45) is 1.24. The van der Waals surface area contributed by atoms with Crippen LogP contribution in [0.2, 0.25) is 0 Å². The van der Waals surface area contributed by atoms with Gasteiger partial charge in [0.25, 0.3) is 5.56 Å². The quantitative estimate of drug-likeness (QED) is 0.667. The summed E-state index contributed by atoms with van der Waals surface area (Å²) in [6.45, 7) is 13.3. The third-order valence-corrected chi connectivity index (χ3v) is 5.04. The van der Waals surface area contributed by atoms with Crippen molar-refractivity contribution in [3.8, 4) is 0 Å². The van der Waals surface area contributed by atoms with E-state index < -0.39 is 6.10 Å². The number of ether oxygens (including phenoxy) is 1. The number of hydrogen-bond donors (Lipinski definition) is 2. The number of aryl methyl sites for hydroxylation is 2. The minimum Gasteiger partial charge on any atom is -0.389 e. The smallest absolute Gasteiger partial charge is 0.259 e. The summed E-state index contributed by atoms with van der Waals surface area (Å²) in [5.41, 5.74) is 0.883. The van der Waals surface area contributed by atoms with Crippen molar-refractivity contribution in [2.24, 2.45) is 0 Å². The number of H-pyrrole nitrogens is 1. The van der Waals surface area contributed by atoms with E-state index in [9.17, 15) is 9.90 Å². The van der Waals surface area contributed by atoms with Gasteiger partial charge in [-0.2, -0.15) is 0 Å². The maximum Gasteiger partial charge on any atom is 0.259 e. The van der Waals surface area contributed by atoms with Gasteiger partial charge in [-0.15, -0.1) is 17.9 Å². The molecule has 7 heteroatoms. The number of nitrogens with one attached hydrogen (secondary N) is 1. The number of thiophene rings is 1. The van der Waals surface area contributed by atoms with E-state index in [0.717, 1.165) is 15.3 Å². The third-order valence-electron chi connectivity index (χ3n) is 3.94. The Balaban J connectivity index is 2.14. The number of aliphatic hydroxyl groups is 1. The number of aromatic nitrogens is 2. The van der Waals surface area contributed by atoms with Crippen LogP contribution in [0.25, 0.3) is 10.2 Å². The molecule has 138 valence electrons. The van der Waals surface area contributed by atoms with Gasteiger partial charge < -0.3 is 14.8 Å². The summed E-state index contributed by atoms with van der Waals surface area (Å²) < 4.78 is 5.45. The molecule has 2 heterocycles. The van der Waals surface area contributed by atoms with Gasteiger partial charge in [0.2, 0.25) is 0 Å². The molecule has 0 fully saturated rings. The molecule has 6 nitrogen and oxygen atoms in total. The molecule has 0 spiro atoms. The molecule has 0 bridgehead atoms. The van der Waals surface area contributed by atoms with Crippen LogP contribution in [0.15, 0.2) is 17.4 Å². The first kappa shape index (κ1) is 19.8. The van der Waals surface area contributed by atoms with Crippen LogP contribution in [0.4, 0.5) is 0 Å². The first-order valence-electron chi connectivity index (χ1n) is 8.43. The highest BCUT2D eigenvalue weighted by Gasteiger charge is 2.16. The Labute approximate surface area is 152 Å². The fourth-order valence-corrected chi connectivity index (χ4v) is 3.68. The first-order valence-corrected chi connectivity index (χ1v) is 9.25. The lowest BCUT2D eigenvalue weighted by atomic mass is 10.2. The van der Waals surface area contributed by atoms with Gasteiger partial charge in [0.15, 0.2) is 0 Å². The fraction of sp³-hybridized carbons (Fsp3) is 0.556. The van der Waals surface area contributed by atoms with Gasteiger partial charge in [0.1, 0.15) is 10.7 Å². The Bertz CT molecular complexity index is 782. The average molecular weight is 365 g/mol. The monoisotopic (exact) mass is 365 g/mol. The highest BCUT2D eigenvalue weighted by Crippen LogP contribution is 2.25. The molecule has 0 aliphatic heterocycles. The van der Waals surface area contributed by atoms with Gasteiger partial charge in [-0.3, -0.25) is 9.69 Å². The van der Waals surface area contributed by atoms with E-state index in [1.165, 1.54) is 11.3 Å². The lowest BCUT2D eigenvalue weighted by Gasteiger charge is -2.23. The zero-order valence-corrected chi connectivity index (χ0v) is 16.2. The molecular weight excluding hydrogens is 338 g/mol. The van der Waals surface area contributed by atoms with Crippen LogP contribution < -0.4 is 5.56 Å². The Morgan fingerprint density at radius 2 is 2.16 bits per heavy atom. The van der Waals surface area contributed by atoms with Crippen LogP contribution in [0.1, 0.15) is 30.1 Å². The second kappa shape index (κ2) is 8.71. The maximum atomic E-state index is 12.4. The molecule has 0 saturated heterocycles. The van der Waals surface area contributed by atoms with E-state index in [-0.39, 0.29) is 18.3 Å². The van der Waals surface area contributed by atoms with Gasteiger partial charge in [-0.05, 0) is 33.3 Å². The molecule has 2 N–H and O–H groups in total. The number of hydrogen-bond acceptors (Lipinski definition) is 6. The van der Waals surface area contributed by atoms with Crippen molar-refractivity contribution in [1.29, 1.82) is 0 Å². The predicted octanol–water partition coefficient (Wildman–Crippen LogP) is 2.38. The molecule has 0 aliphatic rings. The fourth-order valence-electron chi connectivity index (χ4n) is 2.63. The van der Waals surface area contributed by atoms with Crippen molar-refractivity contribution in [2.75, 3.05) is 19.7 Å². The number of fused-ring (bicyclic) bond motifs is 1. The van der Waals surface area contributed by atoms with Crippen molar-refractivity contribution in [3.63, 3.8) is 0 Å². The predicted molar refractivity (Wildman–Crippen MR) is 102 cm³/mol. The molecule has 0 aromatic carbocycles. The minimum atomic E-state index is -0.607. The van der Waals surface area contributed by atoms with Crippen molar-refractivity contribution in [3.05, 3.63) is 39.3 Å². The van der Waals surface area contributed by atoms with Crippen LogP contribution in [0.5, 0.6) is 0 Å². The van der Waals surface area contributed by atoms with E-state index >= 15 is 0 Å². The van der Waals surface area contributed by atoms with Crippen molar-refractivity contribution in [1.82, 2.24) is 14.9 Å². The highest BCUT2D eigenvalue weighted by molar-refractivity contribution is 7.18. The molecule has 0 aliphatic carbocycles. The third kappa shape index (κ3) is 5.22. The number of aliphatic hydroxyl groups excluding tert-OH is 1. The Hall–Kier alpha value is -1.54. The van der Waals surface area contributed by atoms with Gasteiger partial charge in [-0.1, -0.05) is 6.08 Å². The van der Waals surface area contributed by atoms with Crippen molar-refractivity contribution >= 4 is 21.6 Å². The zero-order chi connectivity index (χ0) is 18.6. The molecule has 2 aromatic heterocycles. The molecule has 0 unspecified atom stereocenters. The molecule has 1 atom stereocenters. The highest BCUT2D eigenvalue weighted by atomic mass is 32.1. The summed E-state index contributed by atoms with van der Waals surface area (Å²) in [5.74, 6) is 0.595. The van der Waals surface area contributed by atoms with Gasteiger partial charge in [-0.25, -0.2) is 4.98 Å². The molecule has 2 rings (SSSR count). The van der Waals surface area contributed by atoms with E-state index in [1.54, 1.807) is 6.08 Å². The molecule has 0 radical (unpaired) electrons. The van der Waals surface area contributed by atoms with Crippen LogP contribution in [-0.2, 0) is 11.3 Å². The zero-order valence-electron chi connectivity index (χ0n) is 15.3. The largest absolute Gasteiger partial charge is 0.389 e. The number of nitrogens with zero attached hydrogens (tertiary/aromatic N) is 2. The molecule has 2 aromatic rings. The van der Waals surface area contributed by atoms with Crippen LogP contribution in [-0.4, -0.2) is 51.9 Å². The van der Waals surface area contributed by atoms with E-state index in [2.05, 4.69) is 16.5 Å². The van der Waals surface area contributed by atoms with Crippen LogP contribution in [0, 0.1) is 13.8 Å². The van der Waals surface area contributed by atoms with Crippen molar-refractivity contribution in [2.45, 2.75) is 46.4 Å². The molecule has 25 heavy (non-hydrogen) atoms. The summed E-state index contributed by atoms with van der Waals surface area (Å²) in [4.78, 5) is 23.7. The Kier molecular flexibility index (Phi) is 6.89. The summed E-state index contributed by atoms with van der Waals surface area (Å²) in [6, 6.07) is 0. The average Bonchev–Trinajstić information content (AvgIpc) is 2.80. The van der Waals surface area contributed by atoms with E-state index in [0.29, 0.717) is 30.8 Å². The van der Waals surface area contributed by atoms with E-state index in [1.807, 2.05) is 32.6 Å². The first-order chi connectivity index (χ1) is 11.8. The van der Waals surface area contributed by atoms with Crippen LogP contribution in [0.3, 0.4) is 0 Å². The SMILES string of the molecule is C=CCN(Cc1nc2sc(C)c(C)c2c(=O)[nH]1)C[C@@H](O)COC(C)C. The van der Waals surface area contributed by atoms with Gasteiger partial charge >= 0.3 is 0 Å². The second-order valence-electron chi connectivity index (χ2n) is 6.49. The summed E-state index contributed by atoms with van der Waals surface area (Å²) in [7, 11) is 0. The molecular formula is C18H27N3O3S. The maximum absolute atomic E-state index is 12.4. The summed E-state index contributed by atoms with van der Waals surface area (Å²) >= 11 is 1.53. The van der Waals surface area contributed by atoms with E-state index in [4.69, 9.17) is 4.74 Å². The second-order valence-corrected chi connectivity index (χ2v) is 7.70.